The number of nitro benzene ring substituents is 1. The SMILES string of the molecule is NCCCOC1CCN(C(=O)c2n[nH]c3ccc([N+](=O)[O-])cc23)CC1. The second kappa shape index (κ2) is 7.58. The van der Waals surface area contributed by atoms with Gasteiger partial charge in [0.1, 0.15) is 0 Å². The number of hydrogen-bond donors (Lipinski definition) is 2. The van der Waals surface area contributed by atoms with E-state index in [1.54, 1.807) is 11.0 Å². The molecular weight excluding hydrogens is 326 g/mol. The molecule has 2 aromatic rings. The minimum atomic E-state index is -0.481. The summed E-state index contributed by atoms with van der Waals surface area (Å²) in [5.41, 5.74) is 6.22. The summed E-state index contributed by atoms with van der Waals surface area (Å²) in [5, 5.41) is 18.3. The van der Waals surface area contributed by atoms with Crippen LogP contribution in [0.25, 0.3) is 10.9 Å². The van der Waals surface area contributed by atoms with E-state index in [1.807, 2.05) is 0 Å². The number of aromatic amines is 1. The molecule has 0 unspecified atom stereocenters. The number of benzene rings is 1. The molecule has 9 heteroatoms. The van der Waals surface area contributed by atoms with Crippen molar-refractivity contribution in [3.63, 3.8) is 0 Å². The Morgan fingerprint density at radius 3 is 2.88 bits per heavy atom. The van der Waals surface area contributed by atoms with Gasteiger partial charge >= 0.3 is 0 Å². The van der Waals surface area contributed by atoms with E-state index in [1.165, 1.54) is 12.1 Å². The van der Waals surface area contributed by atoms with Gasteiger partial charge in [0.2, 0.25) is 0 Å². The molecule has 0 saturated carbocycles. The van der Waals surface area contributed by atoms with Crippen molar-refractivity contribution in [3.05, 3.63) is 34.0 Å². The second-order valence-electron chi connectivity index (χ2n) is 6.06. The number of likely N-dealkylation sites (tertiary alicyclic amines) is 1. The van der Waals surface area contributed by atoms with Crippen molar-refractivity contribution >= 4 is 22.5 Å². The molecule has 0 aliphatic carbocycles. The third-order valence-electron chi connectivity index (χ3n) is 4.39. The number of rotatable bonds is 6. The van der Waals surface area contributed by atoms with Crippen molar-refractivity contribution in [2.45, 2.75) is 25.4 Å². The number of ether oxygens (including phenoxy) is 1. The Morgan fingerprint density at radius 2 is 2.20 bits per heavy atom. The zero-order valence-corrected chi connectivity index (χ0v) is 13.8. The van der Waals surface area contributed by atoms with Gasteiger partial charge in [-0.15, -0.1) is 0 Å². The van der Waals surface area contributed by atoms with Crippen LogP contribution < -0.4 is 5.73 Å². The molecule has 0 atom stereocenters. The largest absolute Gasteiger partial charge is 0.378 e. The molecule has 1 aromatic carbocycles. The van der Waals surface area contributed by atoms with E-state index in [2.05, 4.69) is 10.2 Å². The number of H-pyrrole nitrogens is 1. The fourth-order valence-corrected chi connectivity index (χ4v) is 2.99. The van der Waals surface area contributed by atoms with E-state index in [0.29, 0.717) is 37.1 Å². The molecular formula is C16H21N5O4. The van der Waals surface area contributed by atoms with Gasteiger partial charge in [-0.25, -0.2) is 0 Å². The molecule has 1 aliphatic rings. The minimum Gasteiger partial charge on any atom is -0.378 e. The van der Waals surface area contributed by atoms with Crippen LogP contribution in [0.3, 0.4) is 0 Å². The number of nitro groups is 1. The van der Waals surface area contributed by atoms with Crippen LogP contribution in [-0.2, 0) is 4.74 Å². The van der Waals surface area contributed by atoms with E-state index in [9.17, 15) is 14.9 Å². The highest BCUT2D eigenvalue weighted by atomic mass is 16.6. The predicted octanol–water partition coefficient (Wildman–Crippen LogP) is 1.44. The summed E-state index contributed by atoms with van der Waals surface area (Å²) in [6.07, 6.45) is 2.50. The average molecular weight is 347 g/mol. The summed E-state index contributed by atoms with van der Waals surface area (Å²) in [5.74, 6) is -0.216. The summed E-state index contributed by atoms with van der Waals surface area (Å²) in [7, 11) is 0. The van der Waals surface area contributed by atoms with E-state index in [4.69, 9.17) is 10.5 Å². The normalized spacial score (nSPS) is 15.6. The van der Waals surface area contributed by atoms with Gasteiger partial charge in [0.15, 0.2) is 5.69 Å². The zero-order valence-electron chi connectivity index (χ0n) is 13.8. The van der Waals surface area contributed by atoms with Crippen molar-refractivity contribution in [2.24, 2.45) is 5.73 Å². The van der Waals surface area contributed by atoms with Crippen molar-refractivity contribution in [2.75, 3.05) is 26.2 Å². The molecule has 3 N–H and O–H groups in total. The standard InChI is InChI=1S/C16H21N5O4/c17-6-1-9-25-12-4-7-20(8-5-12)16(22)15-13-10-11(21(23)24)2-3-14(13)18-19-15/h2-3,10,12H,1,4-9,17H2,(H,18,19). The van der Waals surface area contributed by atoms with Crippen LogP contribution >= 0.6 is 0 Å². The first-order valence-corrected chi connectivity index (χ1v) is 8.33. The van der Waals surface area contributed by atoms with Gasteiger partial charge in [-0.1, -0.05) is 0 Å². The lowest BCUT2D eigenvalue weighted by Crippen LogP contribution is -2.41. The second-order valence-corrected chi connectivity index (χ2v) is 6.06. The van der Waals surface area contributed by atoms with Gasteiger partial charge in [0.05, 0.1) is 16.5 Å². The van der Waals surface area contributed by atoms with Crippen LogP contribution in [0.15, 0.2) is 18.2 Å². The Balaban J connectivity index is 1.69. The number of nitrogens with two attached hydrogens (primary N) is 1. The molecule has 1 saturated heterocycles. The number of piperidine rings is 1. The van der Waals surface area contributed by atoms with Gasteiger partial charge < -0.3 is 15.4 Å². The Labute approximate surface area is 144 Å². The Kier molecular flexibility index (Phi) is 5.25. The molecule has 0 bridgehead atoms. The smallest absolute Gasteiger partial charge is 0.274 e. The molecule has 0 spiro atoms. The average Bonchev–Trinajstić information content (AvgIpc) is 3.05. The molecule has 9 nitrogen and oxygen atoms in total. The van der Waals surface area contributed by atoms with E-state index < -0.39 is 4.92 Å². The van der Waals surface area contributed by atoms with Gasteiger partial charge in [-0.05, 0) is 31.9 Å². The molecule has 1 amide bonds. The summed E-state index contributed by atoms with van der Waals surface area (Å²) < 4.78 is 5.74. The number of nitrogens with one attached hydrogen (secondary N) is 1. The van der Waals surface area contributed by atoms with Gasteiger partial charge in [-0.3, -0.25) is 20.0 Å². The maximum absolute atomic E-state index is 12.7. The van der Waals surface area contributed by atoms with Crippen molar-refractivity contribution in [3.8, 4) is 0 Å². The first kappa shape index (κ1) is 17.3. The molecule has 1 aromatic heterocycles. The van der Waals surface area contributed by atoms with Crippen molar-refractivity contribution in [1.82, 2.24) is 15.1 Å². The van der Waals surface area contributed by atoms with Crippen LogP contribution in [0.5, 0.6) is 0 Å². The fourth-order valence-electron chi connectivity index (χ4n) is 2.99. The third-order valence-corrected chi connectivity index (χ3v) is 4.39. The predicted molar refractivity (Wildman–Crippen MR) is 91.3 cm³/mol. The van der Waals surface area contributed by atoms with Crippen LogP contribution in [0, 0.1) is 10.1 Å². The highest BCUT2D eigenvalue weighted by Gasteiger charge is 2.27. The number of hydrogen-bond acceptors (Lipinski definition) is 6. The maximum atomic E-state index is 12.7. The highest BCUT2D eigenvalue weighted by Crippen LogP contribution is 2.24. The highest BCUT2D eigenvalue weighted by molar-refractivity contribution is 6.05. The van der Waals surface area contributed by atoms with Crippen LogP contribution in [0.1, 0.15) is 29.8 Å². The Hall–Kier alpha value is -2.52. The van der Waals surface area contributed by atoms with Gasteiger partial charge in [0.25, 0.3) is 11.6 Å². The molecule has 3 rings (SSSR count). The number of nitrogens with zero attached hydrogens (tertiary/aromatic N) is 3. The summed E-state index contributed by atoms with van der Waals surface area (Å²) in [6.45, 7) is 2.41. The zero-order chi connectivity index (χ0) is 17.8. The van der Waals surface area contributed by atoms with Crippen molar-refractivity contribution in [1.29, 1.82) is 0 Å². The number of non-ortho nitro benzene ring substituents is 1. The summed E-state index contributed by atoms with van der Waals surface area (Å²) in [6, 6.07) is 4.34. The van der Waals surface area contributed by atoms with Crippen LogP contribution in [0.4, 0.5) is 5.69 Å². The van der Waals surface area contributed by atoms with Crippen molar-refractivity contribution < 1.29 is 14.5 Å². The lowest BCUT2D eigenvalue weighted by atomic mass is 10.1. The van der Waals surface area contributed by atoms with Gasteiger partial charge in [-0.2, -0.15) is 5.10 Å². The minimum absolute atomic E-state index is 0.0602. The van der Waals surface area contributed by atoms with E-state index >= 15 is 0 Å². The molecule has 134 valence electrons. The third kappa shape index (κ3) is 3.77. The monoisotopic (exact) mass is 347 g/mol. The van der Waals surface area contributed by atoms with E-state index in [0.717, 1.165) is 19.3 Å². The number of amides is 1. The number of fused-ring (bicyclic) bond motifs is 1. The van der Waals surface area contributed by atoms with Crippen LogP contribution in [-0.4, -0.2) is 58.3 Å². The molecule has 1 fully saturated rings. The first-order valence-electron chi connectivity index (χ1n) is 8.33. The van der Waals surface area contributed by atoms with Gasteiger partial charge in [0, 0.05) is 37.2 Å². The number of carbonyl (C=O) groups is 1. The van der Waals surface area contributed by atoms with Crippen LogP contribution in [0.2, 0.25) is 0 Å². The maximum Gasteiger partial charge on any atom is 0.274 e. The van der Waals surface area contributed by atoms with E-state index in [-0.39, 0.29) is 23.4 Å². The fraction of sp³-hybridized carbons (Fsp3) is 0.500. The number of aromatic nitrogens is 2. The summed E-state index contributed by atoms with van der Waals surface area (Å²) >= 11 is 0. The molecule has 2 heterocycles. The summed E-state index contributed by atoms with van der Waals surface area (Å²) in [4.78, 5) is 24.9. The molecule has 25 heavy (non-hydrogen) atoms. The number of carbonyl (C=O) groups excluding carboxylic acids is 1. The Morgan fingerprint density at radius 1 is 1.44 bits per heavy atom. The first-order chi connectivity index (χ1) is 12.1. The topological polar surface area (TPSA) is 127 Å². The molecule has 1 aliphatic heterocycles. The molecule has 0 radical (unpaired) electrons. The lowest BCUT2D eigenvalue weighted by Gasteiger charge is -2.31. The Bertz CT molecular complexity index is 767. The quantitative estimate of drug-likeness (QED) is 0.462. The lowest BCUT2D eigenvalue weighted by molar-refractivity contribution is -0.384.